The Labute approximate surface area is 120 Å². The van der Waals surface area contributed by atoms with Gasteiger partial charge in [-0.25, -0.2) is 0 Å². The molecule has 20 heavy (non-hydrogen) atoms. The third-order valence-corrected chi connectivity index (χ3v) is 3.53. The standard InChI is InChI=1S/C15H24N2O3/c1-10(2)8-11(3)16(5)14-7-6-13(12(4)18)9-15(14)17(19)20/h6-7,9-12,18H,8H2,1-5H3/t11?,12-/m1/s1. The summed E-state index contributed by atoms with van der Waals surface area (Å²) in [6, 6.07) is 5.13. The summed E-state index contributed by atoms with van der Waals surface area (Å²) in [4.78, 5) is 12.8. The minimum absolute atomic E-state index is 0.0431. The quantitative estimate of drug-likeness (QED) is 0.639. The van der Waals surface area contributed by atoms with Gasteiger partial charge in [0, 0.05) is 19.2 Å². The normalized spacial score (nSPS) is 14.2. The summed E-state index contributed by atoms with van der Waals surface area (Å²) < 4.78 is 0. The van der Waals surface area contributed by atoms with Gasteiger partial charge < -0.3 is 10.0 Å². The van der Waals surface area contributed by atoms with Crippen LogP contribution in [0.2, 0.25) is 0 Å². The molecule has 5 heteroatoms. The predicted octanol–water partition coefficient (Wildman–Crippen LogP) is 3.52. The summed E-state index contributed by atoms with van der Waals surface area (Å²) in [5.74, 6) is 0.531. The van der Waals surface area contributed by atoms with Crippen LogP contribution < -0.4 is 4.90 Å². The first-order valence-electron chi connectivity index (χ1n) is 6.93. The first-order valence-corrected chi connectivity index (χ1v) is 6.93. The highest BCUT2D eigenvalue weighted by molar-refractivity contribution is 5.64. The van der Waals surface area contributed by atoms with Crippen LogP contribution in [0.4, 0.5) is 11.4 Å². The van der Waals surface area contributed by atoms with Crippen molar-refractivity contribution in [3.05, 3.63) is 33.9 Å². The number of rotatable bonds is 6. The van der Waals surface area contributed by atoms with E-state index in [1.807, 2.05) is 11.9 Å². The minimum atomic E-state index is -0.707. The molecule has 0 amide bonds. The zero-order valence-corrected chi connectivity index (χ0v) is 12.8. The van der Waals surface area contributed by atoms with Crippen LogP contribution in [0.1, 0.15) is 45.8 Å². The molecule has 112 valence electrons. The van der Waals surface area contributed by atoms with Crippen LogP contribution in [-0.4, -0.2) is 23.1 Å². The molecule has 0 heterocycles. The molecule has 2 atom stereocenters. The molecular formula is C15H24N2O3. The Bertz CT molecular complexity index is 472. The van der Waals surface area contributed by atoms with Crippen LogP contribution >= 0.6 is 0 Å². The largest absolute Gasteiger partial charge is 0.389 e. The van der Waals surface area contributed by atoms with Gasteiger partial charge in [-0.2, -0.15) is 0 Å². The molecule has 0 bridgehead atoms. The lowest BCUT2D eigenvalue weighted by Gasteiger charge is -2.28. The number of nitro benzene ring substituents is 1. The van der Waals surface area contributed by atoms with Crippen molar-refractivity contribution in [1.29, 1.82) is 0 Å². The van der Waals surface area contributed by atoms with Gasteiger partial charge in [0.05, 0.1) is 11.0 Å². The number of hydrogen-bond acceptors (Lipinski definition) is 4. The summed E-state index contributed by atoms with van der Waals surface area (Å²) in [5, 5.41) is 20.8. The van der Waals surface area contributed by atoms with Crippen LogP contribution in [-0.2, 0) is 0 Å². The van der Waals surface area contributed by atoms with E-state index in [-0.39, 0.29) is 16.7 Å². The molecule has 0 radical (unpaired) electrons. The Balaban J connectivity index is 3.13. The third-order valence-electron chi connectivity index (χ3n) is 3.53. The molecular weight excluding hydrogens is 256 g/mol. The second-order valence-electron chi connectivity index (χ2n) is 5.77. The predicted molar refractivity (Wildman–Crippen MR) is 81.1 cm³/mol. The second-order valence-corrected chi connectivity index (χ2v) is 5.77. The zero-order chi connectivity index (χ0) is 15.4. The van der Waals surface area contributed by atoms with Gasteiger partial charge in [-0.15, -0.1) is 0 Å². The molecule has 0 aliphatic rings. The van der Waals surface area contributed by atoms with Gasteiger partial charge in [-0.1, -0.05) is 19.9 Å². The minimum Gasteiger partial charge on any atom is -0.389 e. The molecule has 1 aromatic rings. The molecule has 1 unspecified atom stereocenters. The van der Waals surface area contributed by atoms with Crippen molar-refractivity contribution in [3.8, 4) is 0 Å². The average molecular weight is 280 g/mol. The molecule has 0 fully saturated rings. The lowest BCUT2D eigenvalue weighted by atomic mass is 10.0. The molecule has 0 aromatic heterocycles. The zero-order valence-electron chi connectivity index (χ0n) is 12.8. The molecule has 1 aromatic carbocycles. The third kappa shape index (κ3) is 3.93. The maximum Gasteiger partial charge on any atom is 0.292 e. The van der Waals surface area contributed by atoms with Gasteiger partial charge >= 0.3 is 0 Å². The summed E-state index contributed by atoms with van der Waals surface area (Å²) >= 11 is 0. The van der Waals surface area contributed by atoms with Crippen molar-refractivity contribution in [2.45, 2.75) is 46.3 Å². The molecule has 5 nitrogen and oxygen atoms in total. The van der Waals surface area contributed by atoms with E-state index in [4.69, 9.17) is 0 Å². The van der Waals surface area contributed by atoms with E-state index in [1.54, 1.807) is 19.1 Å². The molecule has 0 aliphatic carbocycles. The van der Waals surface area contributed by atoms with Crippen molar-refractivity contribution in [3.63, 3.8) is 0 Å². The molecule has 0 saturated heterocycles. The highest BCUT2D eigenvalue weighted by atomic mass is 16.6. The topological polar surface area (TPSA) is 66.6 Å². The van der Waals surface area contributed by atoms with E-state index >= 15 is 0 Å². The van der Waals surface area contributed by atoms with E-state index in [0.717, 1.165) is 6.42 Å². The Hall–Kier alpha value is -1.62. The van der Waals surface area contributed by atoms with E-state index < -0.39 is 6.10 Å². The van der Waals surface area contributed by atoms with Crippen molar-refractivity contribution in [2.75, 3.05) is 11.9 Å². The Morgan fingerprint density at radius 2 is 1.90 bits per heavy atom. The van der Waals surface area contributed by atoms with Crippen LogP contribution in [0.15, 0.2) is 18.2 Å². The van der Waals surface area contributed by atoms with E-state index in [9.17, 15) is 15.2 Å². The molecule has 0 saturated carbocycles. The number of nitrogens with zero attached hydrogens (tertiary/aromatic N) is 2. The van der Waals surface area contributed by atoms with Crippen LogP contribution in [0, 0.1) is 16.0 Å². The van der Waals surface area contributed by atoms with E-state index in [2.05, 4.69) is 20.8 Å². The molecule has 1 N–H and O–H groups in total. The highest BCUT2D eigenvalue weighted by Gasteiger charge is 2.22. The summed E-state index contributed by atoms with van der Waals surface area (Å²) in [7, 11) is 1.87. The van der Waals surface area contributed by atoms with Crippen molar-refractivity contribution in [1.82, 2.24) is 0 Å². The van der Waals surface area contributed by atoms with E-state index in [1.165, 1.54) is 6.07 Å². The fourth-order valence-electron chi connectivity index (χ4n) is 2.32. The summed E-state index contributed by atoms with van der Waals surface area (Å²) in [5.41, 5.74) is 1.19. The van der Waals surface area contributed by atoms with Crippen LogP contribution in [0.25, 0.3) is 0 Å². The van der Waals surface area contributed by atoms with Gasteiger partial charge in [0.15, 0.2) is 0 Å². The van der Waals surface area contributed by atoms with E-state index in [0.29, 0.717) is 17.2 Å². The number of anilines is 1. The second kappa shape index (κ2) is 6.70. The SMILES string of the molecule is CC(C)CC(C)N(C)c1ccc([C@@H](C)O)cc1[N+](=O)[O-]. The number of aliphatic hydroxyl groups is 1. The molecule has 0 spiro atoms. The van der Waals surface area contributed by atoms with Gasteiger partial charge in [0.1, 0.15) is 5.69 Å². The van der Waals surface area contributed by atoms with Gasteiger partial charge in [0.25, 0.3) is 5.69 Å². The van der Waals surface area contributed by atoms with Crippen LogP contribution in [0.3, 0.4) is 0 Å². The maximum absolute atomic E-state index is 11.2. The fraction of sp³-hybridized carbons (Fsp3) is 0.600. The summed E-state index contributed by atoms with van der Waals surface area (Å²) in [6.07, 6.45) is 0.257. The van der Waals surface area contributed by atoms with Gasteiger partial charge in [-0.3, -0.25) is 10.1 Å². The lowest BCUT2D eigenvalue weighted by molar-refractivity contribution is -0.384. The monoisotopic (exact) mass is 280 g/mol. The van der Waals surface area contributed by atoms with Gasteiger partial charge in [-0.05, 0) is 37.8 Å². The Morgan fingerprint density at radius 3 is 2.35 bits per heavy atom. The molecule has 0 aliphatic heterocycles. The number of benzene rings is 1. The maximum atomic E-state index is 11.2. The fourth-order valence-corrected chi connectivity index (χ4v) is 2.32. The highest BCUT2D eigenvalue weighted by Crippen LogP contribution is 2.32. The number of hydrogen-bond donors (Lipinski definition) is 1. The van der Waals surface area contributed by atoms with Crippen molar-refractivity contribution >= 4 is 11.4 Å². The lowest BCUT2D eigenvalue weighted by Crippen LogP contribution is -2.30. The smallest absolute Gasteiger partial charge is 0.292 e. The summed E-state index contributed by atoms with van der Waals surface area (Å²) in [6.45, 7) is 7.93. The van der Waals surface area contributed by atoms with Crippen LogP contribution in [0.5, 0.6) is 0 Å². The van der Waals surface area contributed by atoms with Crippen molar-refractivity contribution < 1.29 is 10.0 Å². The number of nitro groups is 1. The first-order chi connectivity index (χ1) is 9.23. The Morgan fingerprint density at radius 1 is 1.30 bits per heavy atom. The van der Waals surface area contributed by atoms with Gasteiger partial charge in [0.2, 0.25) is 0 Å². The average Bonchev–Trinajstić information content (AvgIpc) is 2.36. The molecule has 1 rings (SSSR count). The Kier molecular flexibility index (Phi) is 5.51. The number of aliphatic hydroxyl groups excluding tert-OH is 1. The van der Waals surface area contributed by atoms with Crippen molar-refractivity contribution in [2.24, 2.45) is 5.92 Å². The first kappa shape index (κ1) is 16.4.